The van der Waals surface area contributed by atoms with Gasteiger partial charge >= 0.3 is 29.6 Å². The van der Waals surface area contributed by atoms with Gasteiger partial charge in [0.15, 0.2) is 22.9 Å². The van der Waals surface area contributed by atoms with Gasteiger partial charge in [0.25, 0.3) is 0 Å². The number of halogens is 1. The van der Waals surface area contributed by atoms with Crippen LogP contribution in [0, 0.1) is 0 Å². The van der Waals surface area contributed by atoms with Crippen molar-refractivity contribution in [2.75, 3.05) is 0 Å². The topological polar surface area (TPSA) is 60.4 Å². The fraction of sp³-hybridized carbons (Fsp3) is 0.500. The molecule has 0 aliphatic rings. The number of hydrogen-bond acceptors (Lipinski definition) is 3. The maximum Gasteiger partial charge on any atom is 1.00 e. The van der Waals surface area contributed by atoms with Crippen LogP contribution < -0.4 is 34.7 Å². The van der Waals surface area contributed by atoms with Gasteiger partial charge in [-0.05, 0) is 0 Å². The molecule has 0 rings (SSSR count). The number of aliphatic hydroxyl groups is 1. The average Bonchev–Trinajstić information content (AvgIpc) is 1.36. The summed E-state index contributed by atoms with van der Waals surface area (Å²) in [5, 5.41) is 16.9. The first-order chi connectivity index (χ1) is 2.64. The van der Waals surface area contributed by atoms with Crippen LogP contribution in [0.4, 0.5) is 0 Å². The van der Waals surface area contributed by atoms with Crippen LogP contribution in [0.5, 0.6) is 0 Å². The minimum atomic E-state index is -1.87. The van der Waals surface area contributed by atoms with Crippen molar-refractivity contribution in [2.45, 2.75) is 5.56 Å². The summed E-state index contributed by atoms with van der Waals surface area (Å²) < 4.78 is 0. The van der Waals surface area contributed by atoms with Crippen LogP contribution in [0.3, 0.4) is 0 Å². The van der Waals surface area contributed by atoms with Crippen molar-refractivity contribution in [3.63, 3.8) is 0 Å². The number of alkyl halides is 1. The van der Waals surface area contributed by atoms with Gasteiger partial charge in [-0.1, -0.05) is 11.6 Å². The van der Waals surface area contributed by atoms with Gasteiger partial charge in [-0.15, -0.1) is 0 Å². The number of carboxylic acids is 1. The molecule has 6 heteroatoms. The third-order valence-corrected chi connectivity index (χ3v) is 0.373. The number of aliphatic hydroxyl groups excluding tert-OH is 1. The van der Waals surface area contributed by atoms with Crippen LogP contribution in [0.25, 0.3) is 0 Å². The molecular weight excluding hydrogens is 157 g/mol. The van der Waals surface area contributed by atoms with E-state index in [2.05, 4.69) is 11.6 Å². The number of carboxylic acid groups (broad SMARTS) is 1. The summed E-state index contributed by atoms with van der Waals surface area (Å²) in [6.45, 7) is 0. The van der Waals surface area contributed by atoms with Crippen LogP contribution >= 0.6 is 11.6 Å². The Morgan fingerprint density at radius 3 is 1.88 bits per heavy atom. The smallest absolute Gasteiger partial charge is 0.546 e. The van der Waals surface area contributed by atoms with E-state index in [0.29, 0.717) is 0 Å². The van der Waals surface area contributed by atoms with E-state index in [1.807, 2.05) is 0 Å². The SMILES string of the molecule is O=C([O-])C(O)Cl.[AlH3].[Na+]. The Kier molecular flexibility index (Phi) is 16.6. The molecule has 0 aromatic heterocycles. The predicted octanol–water partition coefficient (Wildman–Crippen LogP) is -5.89. The Hall–Kier alpha value is 1.25. The van der Waals surface area contributed by atoms with Gasteiger partial charge in [0, 0.05) is 0 Å². The molecule has 1 unspecified atom stereocenters. The molecule has 0 aromatic carbocycles. The Labute approximate surface area is 84.4 Å². The fourth-order valence-electron chi connectivity index (χ4n) is 0. The van der Waals surface area contributed by atoms with Crippen molar-refractivity contribution in [1.29, 1.82) is 0 Å². The molecule has 8 heavy (non-hydrogen) atoms. The monoisotopic (exact) mass is 162 g/mol. The van der Waals surface area contributed by atoms with Crippen molar-refractivity contribution in [2.24, 2.45) is 0 Å². The summed E-state index contributed by atoms with van der Waals surface area (Å²) in [6, 6.07) is 0. The minimum Gasteiger partial charge on any atom is -0.546 e. The van der Waals surface area contributed by atoms with Gasteiger partial charge in [0.2, 0.25) is 0 Å². The van der Waals surface area contributed by atoms with E-state index < -0.39 is 11.5 Å². The molecule has 1 atom stereocenters. The molecular formula is C2H5AlClNaO3. The molecule has 1 N–H and O–H groups in total. The number of rotatable bonds is 1. The third kappa shape index (κ3) is 10.3. The first kappa shape index (κ1) is 16.1. The van der Waals surface area contributed by atoms with E-state index in [9.17, 15) is 9.90 Å². The van der Waals surface area contributed by atoms with Crippen molar-refractivity contribution >= 4 is 34.9 Å². The van der Waals surface area contributed by atoms with E-state index >= 15 is 0 Å². The van der Waals surface area contributed by atoms with E-state index in [1.165, 1.54) is 0 Å². The van der Waals surface area contributed by atoms with Crippen molar-refractivity contribution in [3.05, 3.63) is 0 Å². The average molecular weight is 162 g/mol. The van der Waals surface area contributed by atoms with Gasteiger partial charge in [-0.3, -0.25) is 0 Å². The second-order valence-corrected chi connectivity index (χ2v) is 1.07. The second-order valence-electron chi connectivity index (χ2n) is 0.655. The number of aliphatic carboxylic acids is 1. The molecule has 0 amide bonds. The summed E-state index contributed by atoms with van der Waals surface area (Å²) in [5.41, 5.74) is -1.87. The Morgan fingerprint density at radius 1 is 1.75 bits per heavy atom. The first-order valence-electron chi connectivity index (χ1n) is 1.17. The molecule has 0 spiro atoms. The molecule has 42 valence electrons. The van der Waals surface area contributed by atoms with Crippen LogP contribution in [-0.2, 0) is 4.79 Å². The molecule has 0 saturated heterocycles. The molecule has 0 heterocycles. The second kappa shape index (κ2) is 8.25. The van der Waals surface area contributed by atoms with Crippen LogP contribution in [0.2, 0.25) is 0 Å². The summed E-state index contributed by atoms with van der Waals surface area (Å²) in [4.78, 5) is 9.21. The largest absolute Gasteiger partial charge is 1.00 e. The third-order valence-electron chi connectivity index (χ3n) is 0.194. The van der Waals surface area contributed by atoms with E-state index in [1.54, 1.807) is 0 Å². The predicted molar refractivity (Wildman–Crippen MR) is 26.8 cm³/mol. The Morgan fingerprint density at radius 2 is 1.88 bits per heavy atom. The molecule has 0 saturated carbocycles. The van der Waals surface area contributed by atoms with Crippen molar-refractivity contribution < 1.29 is 44.6 Å². The van der Waals surface area contributed by atoms with Crippen molar-refractivity contribution in [1.82, 2.24) is 0 Å². The maximum atomic E-state index is 9.21. The standard InChI is InChI=1S/C2H3ClO3.Al.Na.3H/c3-1(4)2(5)6;;;;;/h1,4H,(H,5,6);;;;;/q;;+1;;;/p-1. The maximum absolute atomic E-state index is 9.21. The summed E-state index contributed by atoms with van der Waals surface area (Å²) in [6.07, 6.45) is 0. The molecule has 3 nitrogen and oxygen atoms in total. The number of carbonyl (C=O) groups excluding carboxylic acids is 1. The Balaban J connectivity index is -0.000000125. The zero-order valence-electron chi connectivity index (χ0n) is 3.72. The molecule has 0 fully saturated rings. The van der Waals surface area contributed by atoms with Gasteiger partial charge in [-0.2, -0.15) is 0 Å². The van der Waals surface area contributed by atoms with Gasteiger partial charge < -0.3 is 15.0 Å². The quantitative estimate of drug-likeness (QED) is 0.309. The van der Waals surface area contributed by atoms with Gasteiger partial charge in [0.05, 0.1) is 5.97 Å². The molecule has 0 aromatic rings. The molecule has 0 radical (unpaired) electrons. The first-order valence-corrected chi connectivity index (χ1v) is 1.61. The molecule has 0 aliphatic carbocycles. The van der Waals surface area contributed by atoms with Gasteiger partial charge in [0.1, 0.15) is 0 Å². The summed E-state index contributed by atoms with van der Waals surface area (Å²) in [5.74, 6) is -1.67. The van der Waals surface area contributed by atoms with Crippen LogP contribution in [0.15, 0.2) is 0 Å². The molecule has 0 bridgehead atoms. The van der Waals surface area contributed by atoms with E-state index in [4.69, 9.17) is 5.11 Å². The Bertz CT molecular complexity index is 68.3. The molecule has 0 aliphatic heterocycles. The van der Waals surface area contributed by atoms with E-state index in [-0.39, 0.29) is 46.9 Å². The zero-order valence-corrected chi connectivity index (χ0v) is 6.47. The van der Waals surface area contributed by atoms with Gasteiger partial charge in [-0.25, -0.2) is 0 Å². The van der Waals surface area contributed by atoms with Crippen LogP contribution in [-0.4, -0.2) is 34.0 Å². The number of carbonyl (C=O) groups is 1. The van der Waals surface area contributed by atoms with Crippen molar-refractivity contribution in [3.8, 4) is 0 Å². The fourth-order valence-corrected chi connectivity index (χ4v) is 0. The minimum absolute atomic E-state index is 0. The van der Waals surface area contributed by atoms with Crippen LogP contribution in [0.1, 0.15) is 0 Å². The normalized spacial score (nSPS) is 10.2. The summed E-state index contributed by atoms with van der Waals surface area (Å²) in [7, 11) is 0. The van der Waals surface area contributed by atoms with E-state index in [0.717, 1.165) is 0 Å². The summed E-state index contributed by atoms with van der Waals surface area (Å²) >= 11 is 4.51. The zero-order chi connectivity index (χ0) is 5.15. The number of hydrogen-bond donors (Lipinski definition) is 1.